The molecule has 10 heavy (non-hydrogen) atoms. The Balaban J connectivity index is 3.15. The summed E-state index contributed by atoms with van der Waals surface area (Å²) < 4.78 is 7.62. The number of nitro benzene ring substituents is 1. The zero-order valence-electron chi connectivity index (χ0n) is 5.87. The van der Waals surface area contributed by atoms with Crippen molar-refractivity contribution in [2.45, 2.75) is 0 Å². The van der Waals surface area contributed by atoms with Crippen LogP contribution in [-0.4, -0.2) is 4.92 Å². The molecule has 0 aromatic heterocycles. The van der Waals surface area contributed by atoms with Gasteiger partial charge in [0.05, 0.1) is 6.29 Å². The summed E-state index contributed by atoms with van der Waals surface area (Å²) in [7, 11) is 0. The molecule has 0 heterocycles. The Kier molecular flexibility index (Phi) is 1.63. The molecule has 1 aromatic carbocycles. The van der Waals surface area contributed by atoms with E-state index in [4.69, 9.17) is 1.37 Å². The van der Waals surface area contributed by atoms with Crippen molar-refractivity contribution < 1.29 is 6.29 Å². The number of hydrogen-bond acceptors (Lipinski definition) is 2. The highest BCUT2D eigenvalue weighted by Gasteiger charge is 2.02. The third kappa shape index (κ3) is 1.54. The highest BCUT2D eigenvalue weighted by molar-refractivity contribution is 9.10. The first-order chi connectivity index (χ1) is 5.11. The van der Waals surface area contributed by atoms with E-state index in [0.717, 1.165) is 0 Å². The van der Waals surface area contributed by atoms with Crippen molar-refractivity contribution in [1.29, 1.82) is 0 Å². The van der Waals surface area contributed by atoms with Gasteiger partial charge in [0.25, 0.3) is 5.69 Å². The Bertz CT molecular complexity index is 303. The van der Waals surface area contributed by atoms with Crippen molar-refractivity contribution in [1.82, 2.24) is 0 Å². The number of nitrogens with zero attached hydrogens (tertiary/aromatic N) is 1. The standard InChI is InChI=1S/C6H4BrNO2/c7-5-2-1-3-6(4-5)8(9)10/h1-4H/i2D. The lowest BCUT2D eigenvalue weighted by Crippen LogP contribution is -1.85. The van der Waals surface area contributed by atoms with E-state index in [1.165, 1.54) is 18.2 Å². The number of non-ortho nitro benzene ring substituents is 1. The zero-order chi connectivity index (χ0) is 8.43. The predicted octanol–water partition coefficient (Wildman–Crippen LogP) is 2.36. The highest BCUT2D eigenvalue weighted by Crippen LogP contribution is 2.16. The Morgan fingerprint density at radius 2 is 2.50 bits per heavy atom. The smallest absolute Gasteiger partial charge is 0.258 e. The summed E-state index contributed by atoms with van der Waals surface area (Å²) in [4.78, 5) is 9.69. The largest absolute Gasteiger partial charge is 0.270 e. The molecule has 3 nitrogen and oxygen atoms in total. The number of benzene rings is 1. The Hall–Kier alpha value is -0.900. The predicted molar refractivity (Wildman–Crippen MR) is 40.8 cm³/mol. The summed E-state index contributed by atoms with van der Waals surface area (Å²) in [5.41, 5.74) is -0.00660. The van der Waals surface area contributed by atoms with E-state index in [1.54, 1.807) is 0 Å². The first kappa shape index (κ1) is 5.85. The van der Waals surface area contributed by atoms with Crippen LogP contribution in [0.4, 0.5) is 5.69 Å². The molecule has 0 saturated carbocycles. The lowest BCUT2D eigenvalue weighted by Gasteiger charge is -1.89. The average Bonchev–Trinajstić information content (AvgIpc) is 1.94. The van der Waals surface area contributed by atoms with Crippen molar-refractivity contribution in [3.05, 3.63) is 38.8 Å². The van der Waals surface area contributed by atoms with Crippen molar-refractivity contribution in [2.75, 3.05) is 0 Å². The van der Waals surface area contributed by atoms with Gasteiger partial charge in [-0.3, -0.25) is 10.1 Å². The molecule has 0 aliphatic rings. The van der Waals surface area contributed by atoms with Crippen molar-refractivity contribution in [3.63, 3.8) is 0 Å². The van der Waals surface area contributed by atoms with Crippen LogP contribution in [0.25, 0.3) is 0 Å². The minimum absolute atomic E-state index is 0.00660. The summed E-state index contributed by atoms with van der Waals surface area (Å²) in [6.07, 6.45) is 0. The molecule has 0 spiro atoms. The molecule has 0 aliphatic heterocycles. The fourth-order valence-electron chi connectivity index (χ4n) is 0.540. The maximum Gasteiger partial charge on any atom is 0.270 e. The van der Waals surface area contributed by atoms with E-state index in [0.29, 0.717) is 4.47 Å². The third-order valence-electron chi connectivity index (χ3n) is 0.961. The maximum absolute atomic E-state index is 10.2. The van der Waals surface area contributed by atoms with Crippen LogP contribution in [-0.2, 0) is 0 Å². The van der Waals surface area contributed by atoms with Crippen LogP contribution in [0.15, 0.2) is 28.7 Å². The molecular formula is C6H4BrNO2. The minimum atomic E-state index is -0.496. The summed E-state index contributed by atoms with van der Waals surface area (Å²) in [6, 6.07) is 4.23. The van der Waals surface area contributed by atoms with Crippen LogP contribution < -0.4 is 0 Å². The van der Waals surface area contributed by atoms with Gasteiger partial charge in [-0.25, -0.2) is 0 Å². The quantitative estimate of drug-likeness (QED) is 0.519. The number of nitro groups is 1. The third-order valence-corrected chi connectivity index (χ3v) is 1.42. The van der Waals surface area contributed by atoms with Gasteiger partial charge in [-0.15, -0.1) is 0 Å². The monoisotopic (exact) mass is 202 g/mol. The lowest BCUT2D eigenvalue weighted by atomic mass is 10.3. The van der Waals surface area contributed by atoms with Crippen LogP contribution in [0.3, 0.4) is 0 Å². The first-order valence-electron chi connectivity index (χ1n) is 3.02. The van der Waals surface area contributed by atoms with Crippen LogP contribution in [0, 0.1) is 10.1 Å². The number of halogens is 1. The van der Waals surface area contributed by atoms with E-state index in [1.807, 2.05) is 0 Å². The molecule has 0 N–H and O–H groups in total. The van der Waals surface area contributed by atoms with Crippen LogP contribution >= 0.6 is 15.9 Å². The normalized spacial score (nSPS) is 10.7. The summed E-state index contributed by atoms with van der Waals surface area (Å²) in [5, 5.41) is 10.2. The molecule has 4 heteroatoms. The van der Waals surface area contributed by atoms with Gasteiger partial charge >= 0.3 is 0 Å². The van der Waals surface area contributed by atoms with E-state index >= 15 is 0 Å². The van der Waals surface area contributed by atoms with Crippen molar-refractivity contribution >= 4 is 21.6 Å². The van der Waals surface area contributed by atoms with Gasteiger partial charge in [0, 0.05) is 16.6 Å². The maximum atomic E-state index is 10.2. The minimum Gasteiger partial charge on any atom is -0.258 e. The van der Waals surface area contributed by atoms with Gasteiger partial charge in [-0.05, 0) is 6.04 Å². The summed E-state index contributed by atoms with van der Waals surface area (Å²) in [5.74, 6) is 0. The Labute approximate surface area is 67.4 Å². The molecule has 1 aromatic rings. The van der Waals surface area contributed by atoms with Crippen molar-refractivity contribution in [2.24, 2.45) is 0 Å². The molecule has 0 bridgehead atoms. The van der Waals surface area contributed by atoms with E-state index < -0.39 is 4.92 Å². The topological polar surface area (TPSA) is 43.1 Å². The average molecular weight is 203 g/mol. The summed E-state index contributed by atoms with van der Waals surface area (Å²) >= 11 is 3.02. The second kappa shape index (κ2) is 2.79. The van der Waals surface area contributed by atoms with Gasteiger partial charge in [0.15, 0.2) is 0 Å². The summed E-state index contributed by atoms with van der Waals surface area (Å²) in [6.45, 7) is 0. The van der Waals surface area contributed by atoms with Crippen LogP contribution in [0.1, 0.15) is 1.37 Å². The molecule has 0 unspecified atom stereocenters. The van der Waals surface area contributed by atoms with Gasteiger partial charge in [0.2, 0.25) is 0 Å². The molecule has 52 valence electrons. The molecule has 0 radical (unpaired) electrons. The van der Waals surface area contributed by atoms with Gasteiger partial charge in [-0.1, -0.05) is 22.0 Å². The van der Waals surface area contributed by atoms with E-state index in [-0.39, 0.29) is 11.7 Å². The second-order valence-electron chi connectivity index (χ2n) is 1.65. The fourth-order valence-corrected chi connectivity index (χ4v) is 0.907. The van der Waals surface area contributed by atoms with Crippen LogP contribution in [0.2, 0.25) is 0 Å². The van der Waals surface area contributed by atoms with E-state index in [9.17, 15) is 10.1 Å². The molecule has 0 fully saturated rings. The first-order valence-corrected chi connectivity index (χ1v) is 3.31. The highest BCUT2D eigenvalue weighted by atomic mass is 79.9. The van der Waals surface area contributed by atoms with Gasteiger partial charge in [0.1, 0.15) is 0 Å². The SMILES string of the molecule is [2H]c1ccc([N+](=O)[O-])cc1Br. The van der Waals surface area contributed by atoms with Gasteiger partial charge < -0.3 is 0 Å². The molecule has 0 atom stereocenters. The molecule has 0 amide bonds. The molecule has 1 rings (SSSR count). The second-order valence-corrected chi connectivity index (χ2v) is 2.51. The fraction of sp³-hybridized carbons (Fsp3) is 0. The van der Waals surface area contributed by atoms with E-state index in [2.05, 4.69) is 15.9 Å². The van der Waals surface area contributed by atoms with Crippen LogP contribution in [0.5, 0.6) is 0 Å². The zero-order valence-corrected chi connectivity index (χ0v) is 6.46. The van der Waals surface area contributed by atoms with Gasteiger partial charge in [-0.2, -0.15) is 0 Å². The molecule has 0 aliphatic carbocycles. The Morgan fingerprint density at radius 3 is 3.00 bits per heavy atom. The molecule has 0 saturated heterocycles. The molecular weight excluding hydrogens is 198 g/mol. The van der Waals surface area contributed by atoms with Crippen molar-refractivity contribution in [3.8, 4) is 0 Å². The Morgan fingerprint density at radius 1 is 1.80 bits per heavy atom. The lowest BCUT2D eigenvalue weighted by molar-refractivity contribution is -0.384. The number of hydrogen-bond donors (Lipinski definition) is 0. The number of rotatable bonds is 1.